The second-order valence-electron chi connectivity index (χ2n) is 9.18. The lowest BCUT2D eigenvalue weighted by molar-refractivity contribution is -0.118. The second kappa shape index (κ2) is 12.2. The van der Waals surface area contributed by atoms with Crippen LogP contribution in [-0.4, -0.2) is 74.2 Å². The van der Waals surface area contributed by atoms with Gasteiger partial charge in [0.2, 0.25) is 5.91 Å². The van der Waals surface area contributed by atoms with E-state index in [1.54, 1.807) is 0 Å². The molecule has 0 radical (unpaired) electrons. The predicted molar refractivity (Wildman–Crippen MR) is 135 cm³/mol. The Labute approximate surface area is 198 Å². The molecule has 0 saturated carbocycles. The maximum Gasteiger partial charge on any atom is 0.238 e. The lowest BCUT2D eigenvalue weighted by Crippen LogP contribution is -2.50. The minimum absolute atomic E-state index is 0.0720. The number of hydrogen-bond acceptors (Lipinski definition) is 5. The summed E-state index contributed by atoms with van der Waals surface area (Å²) in [6.45, 7) is 10.1. The molecule has 2 aromatic carbocycles. The van der Waals surface area contributed by atoms with Gasteiger partial charge in [0, 0.05) is 43.6 Å². The van der Waals surface area contributed by atoms with Crippen LogP contribution in [0.2, 0.25) is 0 Å². The van der Waals surface area contributed by atoms with Gasteiger partial charge >= 0.3 is 0 Å². The molecule has 6 nitrogen and oxygen atoms in total. The van der Waals surface area contributed by atoms with Crippen molar-refractivity contribution in [3.8, 4) is 0 Å². The number of morpholine rings is 1. The molecule has 1 amide bonds. The SMILES string of the molecule is CCCN(CC(=O)Nc1ccc(N2CCOCC2)cc1)[C@H]1CCCN(Cc2ccccc2)C1. The summed E-state index contributed by atoms with van der Waals surface area (Å²) in [6.07, 6.45) is 3.39. The van der Waals surface area contributed by atoms with Crippen molar-refractivity contribution in [2.45, 2.75) is 38.8 Å². The Balaban J connectivity index is 1.30. The quantitative estimate of drug-likeness (QED) is 0.629. The summed E-state index contributed by atoms with van der Waals surface area (Å²) in [5, 5.41) is 3.11. The molecular weight excluding hydrogens is 412 g/mol. The van der Waals surface area contributed by atoms with Gasteiger partial charge in [-0.3, -0.25) is 14.6 Å². The van der Waals surface area contributed by atoms with Gasteiger partial charge in [-0.15, -0.1) is 0 Å². The number of rotatable bonds is 9. The molecule has 2 fully saturated rings. The zero-order valence-electron chi connectivity index (χ0n) is 19.9. The maximum atomic E-state index is 12.9. The van der Waals surface area contributed by atoms with E-state index in [0.717, 1.165) is 71.0 Å². The second-order valence-corrected chi connectivity index (χ2v) is 9.18. The summed E-state index contributed by atoms with van der Waals surface area (Å²) in [7, 11) is 0. The number of nitrogens with one attached hydrogen (secondary N) is 1. The monoisotopic (exact) mass is 450 g/mol. The highest BCUT2D eigenvalue weighted by Gasteiger charge is 2.26. The predicted octanol–water partition coefficient (Wildman–Crippen LogP) is 3.84. The van der Waals surface area contributed by atoms with E-state index >= 15 is 0 Å². The van der Waals surface area contributed by atoms with Gasteiger partial charge in [0.05, 0.1) is 19.8 Å². The molecule has 2 saturated heterocycles. The summed E-state index contributed by atoms with van der Waals surface area (Å²) in [6, 6.07) is 19.3. The van der Waals surface area contributed by atoms with Crippen LogP contribution in [-0.2, 0) is 16.1 Å². The molecule has 0 aliphatic carbocycles. The normalized spacial score (nSPS) is 19.6. The fourth-order valence-corrected chi connectivity index (χ4v) is 4.95. The first-order valence-electron chi connectivity index (χ1n) is 12.4. The Morgan fingerprint density at radius 2 is 1.82 bits per heavy atom. The molecule has 178 valence electrons. The average molecular weight is 451 g/mol. The number of carbonyl (C=O) groups is 1. The Morgan fingerprint density at radius 3 is 2.55 bits per heavy atom. The molecule has 2 heterocycles. The van der Waals surface area contributed by atoms with Crippen LogP contribution in [0.15, 0.2) is 54.6 Å². The number of amides is 1. The first kappa shape index (κ1) is 23.7. The highest BCUT2D eigenvalue weighted by molar-refractivity contribution is 5.92. The Kier molecular flexibility index (Phi) is 8.75. The van der Waals surface area contributed by atoms with Crippen molar-refractivity contribution in [3.05, 3.63) is 60.2 Å². The number of benzene rings is 2. The van der Waals surface area contributed by atoms with E-state index in [2.05, 4.69) is 69.4 Å². The first-order chi connectivity index (χ1) is 16.2. The van der Waals surface area contributed by atoms with Crippen LogP contribution < -0.4 is 10.2 Å². The van der Waals surface area contributed by atoms with Crippen molar-refractivity contribution >= 4 is 17.3 Å². The molecule has 2 aliphatic rings. The molecule has 1 atom stereocenters. The van der Waals surface area contributed by atoms with Crippen LogP contribution >= 0.6 is 0 Å². The van der Waals surface area contributed by atoms with Gasteiger partial charge in [0.15, 0.2) is 0 Å². The molecule has 33 heavy (non-hydrogen) atoms. The number of carbonyl (C=O) groups excluding carboxylic acids is 1. The largest absolute Gasteiger partial charge is 0.378 e. The van der Waals surface area contributed by atoms with E-state index in [-0.39, 0.29) is 5.91 Å². The van der Waals surface area contributed by atoms with Gasteiger partial charge in [-0.05, 0) is 62.2 Å². The molecule has 0 bridgehead atoms. The van der Waals surface area contributed by atoms with Gasteiger partial charge in [0.25, 0.3) is 0 Å². The van der Waals surface area contributed by atoms with Crippen molar-refractivity contribution in [2.24, 2.45) is 0 Å². The summed E-state index contributed by atoms with van der Waals surface area (Å²) >= 11 is 0. The number of hydrogen-bond donors (Lipinski definition) is 1. The fraction of sp³-hybridized carbons (Fsp3) is 0.519. The van der Waals surface area contributed by atoms with E-state index in [4.69, 9.17) is 4.74 Å². The van der Waals surface area contributed by atoms with Crippen molar-refractivity contribution < 1.29 is 9.53 Å². The third-order valence-electron chi connectivity index (χ3n) is 6.63. The van der Waals surface area contributed by atoms with E-state index < -0.39 is 0 Å². The molecule has 2 aromatic rings. The highest BCUT2D eigenvalue weighted by Crippen LogP contribution is 2.21. The van der Waals surface area contributed by atoms with Crippen LogP contribution in [0.4, 0.5) is 11.4 Å². The van der Waals surface area contributed by atoms with Gasteiger partial charge in [0.1, 0.15) is 0 Å². The highest BCUT2D eigenvalue weighted by atomic mass is 16.5. The molecule has 0 aromatic heterocycles. The van der Waals surface area contributed by atoms with E-state index in [0.29, 0.717) is 12.6 Å². The van der Waals surface area contributed by atoms with Crippen LogP contribution in [0.3, 0.4) is 0 Å². The van der Waals surface area contributed by atoms with Crippen molar-refractivity contribution in [1.82, 2.24) is 9.80 Å². The van der Waals surface area contributed by atoms with E-state index in [1.807, 2.05) is 12.1 Å². The summed E-state index contributed by atoms with van der Waals surface area (Å²) in [4.78, 5) is 20.1. The number of ether oxygens (including phenoxy) is 1. The molecule has 2 aliphatic heterocycles. The zero-order valence-corrected chi connectivity index (χ0v) is 19.9. The third-order valence-corrected chi connectivity index (χ3v) is 6.63. The van der Waals surface area contributed by atoms with Crippen molar-refractivity contribution in [1.29, 1.82) is 0 Å². The van der Waals surface area contributed by atoms with Gasteiger partial charge in [-0.1, -0.05) is 37.3 Å². The summed E-state index contributed by atoms with van der Waals surface area (Å²) in [5.41, 5.74) is 3.41. The summed E-state index contributed by atoms with van der Waals surface area (Å²) < 4.78 is 5.43. The number of piperidine rings is 1. The topological polar surface area (TPSA) is 48.1 Å². The number of likely N-dealkylation sites (tertiary alicyclic amines) is 1. The first-order valence-corrected chi connectivity index (χ1v) is 12.4. The van der Waals surface area contributed by atoms with Crippen molar-refractivity contribution in [3.63, 3.8) is 0 Å². The standard InChI is InChI=1S/C27H38N4O2/c1-2-14-31(26-9-6-15-29(21-26)20-23-7-4-3-5-8-23)22-27(32)28-24-10-12-25(13-11-24)30-16-18-33-19-17-30/h3-5,7-8,10-13,26H,2,6,9,14-22H2,1H3,(H,28,32)/t26-/m0/s1. The van der Waals surface area contributed by atoms with Crippen LogP contribution in [0.1, 0.15) is 31.7 Å². The van der Waals surface area contributed by atoms with Crippen LogP contribution in [0.25, 0.3) is 0 Å². The van der Waals surface area contributed by atoms with Gasteiger partial charge < -0.3 is 15.0 Å². The van der Waals surface area contributed by atoms with Crippen LogP contribution in [0, 0.1) is 0 Å². The fourth-order valence-electron chi connectivity index (χ4n) is 4.95. The lowest BCUT2D eigenvalue weighted by atomic mass is 10.0. The molecule has 0 unspecified atom stereocenters. The molecule has 0 spiro atoms. The third kappa shape index (κ3) is 7.03. The zero-order chi connectivity index (χ0) is 22.9. The molecule has 4 rings (SSSR count). The molecular formula is C27H38N4O2. The van der Waals surface area contributed by atoms with Crippen LogP contribution in [0.5, 0.6) is 0 Å². The minimum Gasteiger partial charge on any atom is -0.378 e. The Bertz CT molecular complexity index is 852. The summed E-state index contributed by atoms with van der Waals surface area (Å²) in [5.74, 6) is 0.0720. The maximum absolute atomic E-state index is 12.9. The number of anilines is 2. The minimum atomic E-state index is 0.0720. The Morgan fingerprint density at radius 1 is 1.06 bits per heavy atom. The van der Waals surface area contributed by atoms with Crippen molar-refractivity contribution in [2.75, 3.05) is 62.7 Å². The van der Waals surface area contributed by atoms with E-state index in [1.165, 1.54) is 17.7 Å². The smallest absolute Gasteiger partial charge is 0.238 e. The Hall–Kier alpha value is -2.41. The van der Waals surface area contributed by atoms with Gasteiger partial charge in [-0.25, -0.2) is 0 Å². The average Bonchev–Trinajstić information content (AvgIpc) is 2.86. The molecule has 1 N–H and O–H groups in total. The van der Waals surface area contributed by atoms with Gasteiger partial charge in [-0.2, -0.15) is 0 Å². The number of nitrogens with zero attached hydrogens (tertiary/aromatic N) is 3. The lowest BCUT2D eigenvalue weighted by Gasteiger charge is -2.39. The molecule has 6 heteroatoms. The van der Waals surface area contributed by atoms with E-state index in [9.17, 15) is 4.79 Å².